The van der Waals surface area contributed by atoms with Crippen molar-refractivity contribution in [2.75, 3.05) is 4.90 Å². The fourth-order valence-electron chi connectivity index (χ4n) is 6.97. The maximum atomic E-state index is 6.93. The van der Waals surface area contributed by atoms with E-state index in [0.29, 0.717) is 17.6 Å². The van der Waals surface area contributed by atoms with Gasteiger partial charge in [-0.05, 0) is 44.2 Å². The first-order valence-corrected chi connectivity index (χ1v) is 16.4. The molecule has 6 nitrogen and oxygen atoms in total. The van der Waals surface area contributed by atoms with Crippen LogP contribution in [0.4, 0.5) is 11.6 Å². The molecule has 234 valence electrons. The first-order chi connectivity index (χ1) is 24.2. The minimum absolute atomic E-state index is 0.515. The lowest BCUT2D eigenvalue weighted by Gasteiger charge is -2.25. The van der Waals surface area contributed by atoms with Crippen LogP contribution < -0.4 is 4.90 Å². The molecule has 0 aliphatic carbocycles. The molecule has 0 fully saturated rings. The number of rotatable bonds is 5. The molecule has 1 aliphatic heterocycles. The molecule has 0 N–H and O–H groups in total. The van der Waals surface area contributed by atoms with Gasteiger partial charge in [0.2, 0.25) is 5.95 Å². The van der Waals surface area contributed by atoms with Crippen LogP contribution in [-0.2, 0) is 0 Å². The van der Waals surface area contributed by atoms with Gasteiger partial charge in [0.05, 0.1) is 16.8 Å². The van der Waals surface area contributed by atoms with Gasteiger partial charge in [0.25, 0.3) is 0 Å². The third-order valence-electron chi connectivity index (χ3n) is 9.11. The molecule has 0 atom stereocenters. The van der Waals surface area contributed by atoms with Crippen LogP contribution in [0.25, 0.3) is 67.2 Å². The number of aromatic nitrogens is 4. The molecule has 0 unspecified atom stereocenters. The van der Waals surface area contributed by atoms with Gasteiger partial charge in [-0.3, -0.25) is 4.90 Å². The molecule has 5 aromatic carbocycles. The highest BCUT2D eigenvalue weighted by Gasteiger charge is 2.36. The monoisotopic (exact) mass is 633 g/mol. The Morgan fingerprint density at radius 3 is 1.84 bits per heavy atom. The number of nitrogens with zero attached hydrogens (tertiary/aromatic N) is 5. The van der Waals surface area contributed by atoms with Crippen molar-refractivity contribution < 1.29 is 4.42 Å². The maximum absolute atomic E-state index is 6.93. The van der Waals surface area contributed by atoms with Crippen LogP contribution in [-0.4, -0.2) is 19.5 Å². The Morgan fingerprint density at radius 1 is 0.612 bits per heavy atom. The van der Waals surface area contributed by atoms with E-state index >= 15 is 0 Å². The second kappa shape index (κ2) is 11.6. The number of hydrogen-bond acceptors (Lipinski definition) is 5. The number of hydrogen-bond donors (Lipinski definition) is 0. The number of furan rings is 1. The molecule has 49 heavy (non-hydrogen) atoms. The second-order valence-corrected chi connectivity index (χ2v) is 12.0. The van der Waals surface area contributed by atoms with E-state index in [1.54, 1.807) is 0 Å². The minimum Gasteiger partial charge on any atom is -0.454 e. The lowest BCUT2D eigenvalue weighted by molar-refractivity contribution is 0.632. The number of fused-ring (bicyclic) bond motifs is 7. The Balaban J connectivity index is 1.44. The topological polar surface area (TPSA) is 60.0 Å². The number of para-hydroxylation sites is 3. The van der Waals surface area contributed by atoms with E-state index in [2.05, 4.69) is 102 Å². The smallest absolute Gasteiger partial charge is 0.238 e. The van der Waals surface area contributed by atoms with E-state index in [-0.39, 0.29) is 0 Å². The molecule has 0 saturated carbocycles. The number of anilines is 2. The first kappa shape index (κ1) is 28.7. The second-order valence-electron chi connectivity index (χ2n) is 12.0. The van der Waals surface area contributed by atoms with Gasteiger partial charge in [0.1, 0.15) is 11.3 Å². The fraction of sp³-hybridized carbons (Fsp3) is 0.0465. The van der Waals surface area contributed by atoms with E-state index in [1.807, 2.05) is 72.8 Å². The Hall–Kier alpha value is -6.53. The van der Waals surface area contributed by atoms with Crippen LogP contribution in [0.3, 0.4) is 0 Å². The van der Waals surface area contributed by atoms with E-state index in [0.717, 1.165) is 72.7 Å². The van der Waals surface area contributed by atoms with Gasteiger partial charge in [-0.15, -0.1) is 0 Å². The third-order valence-corrected chi connectivity index (χ3v) is 9.11. The largest absolute Gasteiger partial charge is 0.454 e. The van der Waals surface area contributed by atoms with E-state index in [9.17, 15) is 0 Å². The van der Waals surface area contributed by atoms with Crippen molar-refractivity contribution in [2.45, 2.75) is 13.8 Å². The van der Waals surface area contributed by atoms with Crippen molar-refractivity contribution in [3.63, 3.8) is 0 Å². The summed E-state index contributed by atoms with van der Waals surface area (Å²) in [7, 11) is 0. The lowest BCUT2D eigenvalue weighted by Crippen LogP contribution is -2.19. The van der Waals surface area contributed by atoms with E-state index < -0.39 is 0 Å². The summed E-state index contributed by atoms with van der Waals surface area (Å²) in [5.74, 6) is 2.48. The Labute approximate surface area is 284 Å². The van der Waals surface area contributed by atoms with Gasteiger partial charge < -0.3 is 8.98 Å². The zero-order valence-electron chi connectivity index (χ0n) is 27.1. The predicted octanol–water partition coefficient (Wildman–Crippen LogP) is 11.0. The molecular formula is C43H31N5O. The number of benzene rings is 5. The molecule has 3 aromatic heterocycles. The summed E-state index contributed by atoms with van der Waals surface area (Å²) in [5.41, 5.74) is 9.77. The van der Waals surface area contributed by atoms with Crippen LogP contribution in [0.15, 0.2) is 162 Å². The summed E-state index contributed by atoms with van der Waals surface area (Å²) in [5, 5.41) is 2.08. The highest BCUT2D eigenvalue weighted by atomic mass is 16.3. The standard InChI is InChI=1S/C43H31N5O/c1-3-17-32-28(2)47(43-45-41(29-18-7-4-8-19-29)44-42(46-43)30-20-9-5-10-21-30)39-34-25-14-16-27-36(34)49-40(39)37-33-24-13-15-26-35(33)48(38(32)37)31-22-11-6-12-23-31/h3-27H,1-2H3/b17-3-. The SMILES string of the molecule is C/C=C\C1=C(C)N(c2nc(-c3ccccc3)nc(-c3ccccc3)n2)c2c(oc3ccccc23)-c2c1n(-c1ccccc1)c1ccccc21. The van der Waals surface area contributed by atoms with Crippen molar-refractivity contribution in [2.24, 2.45) is 0 Å². The maximum Gasteiger partial charge on any atom is 0.238 e. The molecule has 6 heteroatoms. The van der Waals surface area contributed by atoms with E-state index in [1.165, 1.54) is 0 Å². The van der Waals surface area contributed by atoms with Crippen LogP contribution in [0, 0.1) is 0 Å². The zero-order valence-corrected chi connectivity index (χ0v) is 27.1. The molecule has 0 saturated heterocycles. The van der Waals surface area contributed by atoms with Gasteiger partial charge in [0, 0.05) is 38.9 Å². The molecule has 0 spiro atoms. The summed E-state index contributed by atoms with van der Waals surface area (Å²) < 4.78 is 9.28. The van der Waals surface area contributed by atoms with Crippen molar-refractivity contribution in [1.29, 1.82) is 0 Å². The predicted molar refractivity (Wildman–Crippen MR) is 199 cm³/mol. The van der Waals surface area contributed by atoms with Crippen molar-refractivity contribution in [3.05, 3.63) is 163 Å². The lowest BCUT2D eigenvalue weighted by atomic mass is 10.0. The van der Waals surface area contributed by atoms with Gasteiger partial charge >= 0.3 is 0 Å². The molecule has 0 bridgehead atoms. The molecule has 8 aromatic rings. The van der Waals surface area contributed by atoms with Crippen molar-refractivity contribution >= 4 is 39.1 Å². The summed E-state index contributed by atoms with van der Waals surface area (Å²) in [6, 6.07) is 47.5. The minimum atomic E-state index is 0.515. The van der Waals surface area contributed by atoms with Gasteiger partial charge in [-0.1, -0.05) is 121 Å². The molecule has 9 rings (SSSR count). The van der Waals surface area contributed by atoms with Gasteiger partial charge in [-0.2, -0.15) is 9.97 Å². The average Bonchev–Trinajstić information content (AvgIpc) is 3.68. The zero-order chi connectivity index (χ0) is 32.9. The summed E-state index contributed by atoms with van der Waals surface area (Å²) >= 11 is 0. The van der Waals surface area contributed by atoms with Crippen LogP contribution in [0.1, 0.15) is 19.5 Å². The quantitative estimate of drug-likeness (QED) is 0.189. The van der Waals surface area contributed by atoms with Crippen LogP contribution in [0.5, 0.6) is 0 Å². The third kappa shape index (κ3) is 4.60. The number of allylic oxidation sites excluding steroid dienone is 4. The van der Waals surface area contributed by atoms with E-state index in [4.69, 9.17) is 19.4 Å². The average molecular weight is 634 g/mol. The van der Waals surface area contributed by atoms with Crippen LogP contribution in [0.2, 0.25) is 0 Å². The van der Waals surface area contributed by atoms with Gasteiger partial charge in [-0.25, -0.2) is 4.98 Å². The summed E-state index contributed by atoms with van der Waals surface area (Å²) in [6.07, 6.45) is 4.28. The fourth-order valence-corrected chi connectivity index (χ4v) is 6.97. The Kier molecular flexibility index (Phi) is 6.80. The first-order valence-electron chi connectivity index (χ1n) is 16.4. The molecular weight excluding hydrogens is 603 g/mol. The van der Waals surface area contributed by atoms with Crippen molar-refractivity contribution in [3.8, 4) is 39.8 Å². The normalized spacial score (nSPS) is 12.9. The van der Waals surface area contributed by atoms with Gasteiger partial charge in [0.15, 0.2) is 17.4 Å². The molecule has 4 heterocycles. The Morgan fingerprint density at radius 2 is 1.18 bits per heavy atom. The molecule has 0 amide bonds. The molecule has 0 radical (unpaired) electrons. The highest BCUT2D eigenvalue weighted by Crippen LogP contribution is 2.53. The highest BCUT2D eigenvalue weighted by molar-refractivity contribution is 6.13. The Bertz CT molecular complexity index is 2510. The van der Waals surface area contributed by atoms with Crippen molar-refractivity contribution in [1.82, 2.24) is 19.5 Å². The summed E-state index contributed by atoms with van der Waals surface area (Å²) in [6.45, 7) is 4.21. The van der Waals surface area contributed by atoms with Crippen LogP contribution >= 0.6 is 0 Å². The summed E-state index contributed by atoms with van der Waals surface area (Å²) in [4.78, 5) is 17.6. The molecule has 1 aliphatic rings.